The molecule has 1 aliphatic heterocycles. The first-order valence-corrected chi connectivity index (χ1v) is 6.76. The van der Waals surface area contributed by atoms with Crippen molar-refractivity contribution in [2.24, 2.45) is 5.92 Å². The molecule has 1 saturated heterocycles. The van der Waals surface area contributed by atoms with Gasteiger partial charge >= 0.3 is 0 Å². The largest absolute Gasteiger partial charge is 0.382 e. The first-order valence-electron chi connectivity index (χ1n) is 6.76. The SMILES string of the molecule is CC(Nc1cccc([N+](=O)[O-])c1)C1CCCN(C)C1. The lowest BCUT2D eigenvalue weighted by Crippen LogP contribution is -2.39. The van der Waals surface area contributed by atoms with Crippen molar-refractivity contribution in [3.05, 3.63) is 34.4 Å². The van der Waals surface area contributed by atoms with Crippen LogP contribution in [-0.2, 0) is 0 Å². The number of nitrogens with zero attached hydrogens (tertiary/aromatic N) is 2. The fourth-order valence-electron chi connectivity index (χ4n) is 2.70. The number of benzene rings is 1. The van der Waals surface area contributed by atoms with Gasteiger partial charge in [-0.3, -0.25) is 10.1 Å². The van der Waals surface area contributed by atoms with Gasteiger partial charge in [0.25, 0.3) is 5.69 Å². The van der Waals surface area contributed by atoms with Gasteiger partial charge in [-0.05, 0) is 45.3 Å². The van der Waals surface area contributed by atoms with Crippen LogP contribution in [0.5, 0.6) is 0 Å². The lowest BCUT2D eigenvalue weighted by Gasteiger charge is -2.34. The van der Waals surface area contributed by atoms with Gasteiger partial charge in [-0.25, -0.2) is 0 Å². The number of anilines is 1. The first-order chi connectivity index (χ1) is 9.06. The Balaban J connectivity index is 1.99. The summed E-state index contributed by atoms with van der Waals surface area (Å²) in [5, 5.41) is 14.2. The zero-order valence-electron chi connectivity index (χ0n) is 11.5. The Morgan fingerprint density at radius 3 is 3.00 bits per heavy atom. The highest BCUT2D eigenvalue weighted by molar-refractivity contribution is 5.51. The van der Waals surface area contributed by atoms with Gasteiger partial charge in [0, 0.05) is 30.4 Å². The second-order valence-electron chi connectivity index (χ2n) is 5.41. The highest BCUT2D eigenvalue weighted by Crippen LogP contribution is 2.23. The van der Waals surface area contributed by atoms with E-state index in [0.29, 0.717) is 12.0 Å². The smallest absolute Gasteiger partial charge is 0.271 e. The zero-order valence-corrected chi connectivity index (χ0v) is 11.5. The lowest BCUT2D eigenvalue weighted by molar-refractivity contribution is -0.384. The molecule has 2 atom stereocenters. The number of hydrogen-bond donors (Lipinski definition) is 1. The minimum atomic E-state index is -0.357. The highest BCUT2D eigenvalue weighted by Gasteiger charge is 2.22. The quantitative estimate of drug-likeness (QED) is 0.670. The number of nitro groups is 1. The van der Waals surface area contributed by atoms with E-state index in [9.17, 15) is 10.1 Å². The molecule has 5 nitrogen and oxygen atoms in total. The van der Waals surface area contributed by atoms with Crippen molar-refractivity contribution in [3.8, 4) is 0 Å². The molecule has 1 N–H and O–H groups in total. The summed E-state index contributed by atoms with van der Waals surface area (Å²) in [6, 6.07) is 7.05. The summed E-state index contributed by atoms with van der Waals surface area (Å²) in [6.45, 7) is 4.41. The van der Waals surface area contributed by atoms with Crippen LogP contribution in [0.3, 0.4) is 0 Å². The van der Waals surface area contributed by atoms with Crippen molar-refractivity contribution in [2.75, 3.05) is 25.5 Å². The Bertz CT molecular complexity index is 450. The van der Waals surface area contributed by atoms with E-state index in [4.69, 9.17) is 0 Å². The van der Waals surface area contributed by atoms with Gasteiger partial charge in [0.1, 0.15) is 0 Å². The van der Waals surface area contributed by atoms with E-state index in [2.05, 4.69) is 24.2 Å². The molecule has 0 amide bonds. The molecule has 0 bridgehead atoms. The summed E-state index contributed by atoms with van der Waals surface area (Å²) in [6.07, 6.45) is 2.44. The van der Waals surface area contributed by atoms with Gasteiger partial charge in [0.2, 0.25) is 0 Å². The van der Waals surface area contributed by atoms with E-state index in [1.54, 1.807) is 12.1 Å². The molecular weight excluding hydrogens is 242 g/mol. The maximum absolute atomic E-state index is 10.8. The van der Waals surface area contributed by atoms with Gasteiger partial charge in [-0.1, -0.05) is 6.07 Å². The van der Waals surface area contributed by atoms with Crippen LogP contribution in [0.25, 0.3) is 0 Å². The van der Waals surface area contributed by atoms with Gasteiger partial charge in [0.15, 0.2) is 0 Å². The third kappa shape index (κ3) is 3.67. The summed E-state index contributed by atoms with van der Waals surface area (Å²) >= 11 is 0. The molecule has 1 fully saturated rings. The van der Waals surface area contributed by atoms with Crippen molar-refractivity contribution in [1.82, 2.24) is 4.90 Å². The molecule has 1 heterocycles. The van der Waals surface area contributed by atoms with E-state index in [-0.39, 0.29) is 10.6 Å². The van der Waals surface area contributed by atoms with Crippen molar-refractivity contribution in [3.63, 3.8) is 0 Å². The molecule has 1 aliphatic rings. The standard InChI is InChI=1S/C14H21N3O2/c1-11(12-5-4-8-16(2)10-12)15-13-6-3-7-14(9-13)17(18)19/h3,6-7,9,11-12,15H,4-5,8,10H2,1-2H3. The van der Waals surface area contributed by atoms with E-state index >= 15 is 0 Å². The van der Waals surface area contributed by atoms with E-state index < -0.39 is 0 Å². The zero-order chi connectivity index (χ0) is 13.8. The molecule has 2 rings (SSSR count). The number of nitrogens with one attached hydrogen (secondary N) is 1. The summed E-state index contributed by atoms with van der Waals surface area (Å²) in [5.74, 6) is 0.595. The minimum Gasteiger partial charge on any atom is -0.382 e. The van der Waals surface area contributed by atoms with Crippen molar-refractivity contribution in [2.45, 2.75) is 25.8 Å². The number of likely N-dealkylation sites (tertiary alicyclic amines) is 1. The van der Waals surface area contributed by atoms with Crippen LogP contribution in [-0.4, -0.2) is 36.0 Å². The van der Waals surface area contributed by atoms with E-state index in [0.717, 1.165) is 12.2 Å². The summed E-state index contributed by atoms with van der Waals surface area (Å²) in [5.41, 5.74) is 0.966. The monoisotopic (exact) mass is 263 g/mol. The fourth-order valence-corrected chi connectivity index (χ4v) is 2.70. The van der Waals surface area contributed by atoms with Crippen LogP contribution in [0.1, 0.15) is 19.8 Å². The number of non-ortho nitro benzene ring substituents is 1. The second-order valence-corrected chi connectivity index (χ2v) is 5.41. The molecule has 5 heteroatoms. The Morgan fingerprint density at radius 2 is 2.32 bits per heavy atom. The Labute approximate surface area is 113 Å². The predicted molar refractivity (Wildman–Crippen MR) is 76.4 cm³/mol. The predicted octanol–water partition coefficient (Wildman–Crippen LogP) is 2.74. The average Bonchev–Trinajstić information content (AvgIpc) is 2.39. The number of piperidine rings is 1. The van der Waals surface area contributed by atoms with Gasteiger partial charge < -0.3 is 10.2 Å². The van der Waals surface area contributed by atoms with Crippen LogP contribution in [0.4, 0.5) is 11.4 Å². The molecule has 0 radical (unpaired) electrons. The second kappa shape index (κ2) is 6.02. The number of rotatable bonds is 4. The summed E-state index contributed by atoms with van der Waals surface area (Å²) in [7, 11) is 2.15. The minimum absolute atomic E-state index is 0.137. The van der Waals surface area contributed by atoms with Crippen LogP contribution < -0.4 is 5.32 Å². The number of nitro benzene ring substituents is 1. The molecule has 0 aromatic heterocycles. The molecule has 1 aromatic rings. The van der Waals surface area contributed by atoms with Gasteiger partial charge in [-0.2, -0.15) is 0 Å². The maximum Gasteiger partial charge on any atom is 0.271 e. The third-order valence-electron chi connectivity index (χ3n) is 3.82. The summed E-state index contributed by atoms with van der Waals surface area (Å²) < 4.78 is 0. The molecular formula is C14H21N3O2. The molecule has 0 spiro atoms. The summed E-state index contributed by atoms with van der Waals surface area (Å²) in [4.78, 5) is 12.7. The maximum atomic E-state index is 10.8. The van der Waals surface area contributed by atoms with Crippen LogP contribution in [0, 0.1) is 16.0 Å². The van der Waals surface area contributed by atoms with Crippen LogP contribution >= 0.6 is 0 Å². The molecule has 0 saturated carbocycles. The molecule has 104 valence electrons. The van der Waals surface area contributed by atoms with E-state index in [1.807, 2.05) is 6.07 Å². The van der Waals surface area contributed by atoms with E-state index in [1.165, 1.54) is 25.5 Å². The number of hydrogen-bond acceptors (Lipinski definition) is 4. The Hall–Kier alpha value is -1.62. The van der Waals surface area contributed by atoms with Gasteiger partial charge in [-0.15, -0.1) is 0 Å². The van der Waals surface area contributed by atoms with Gasteiger partial charge in [0.05, 0.1) is 4.92 Å². The fraction of sp³-hybridized carbons (Fsp3) is 0.571. The topological polar surface area (TPSA) is 58.4 Å². The Kier molecular flexibility index (Phi) is 4.37. The Morgan fingerprint density at radius 1 is 1.53 bits per heavy atom. The van der Waals surface area contributed by atoms with Crippen LogP contribution in [0.2, 0.25) is 0 Å². The normalized spacial score (nSPS) is 21.9. The molecule has 19 heavy (non-hydrogen) atoms. The molecule has 2 unspecified atom stereocenters. The van der Waals surface area contributed by atoms with Crippen molar-refractivity contribution in [1.29, 1.82) is 0 Å². The molecule has 1 aromatic carbocycles. The lowest BCUT2D eigenvalue weighted by atomic mass is 9.92. The highest BCUT2D eigenvalue weighted by atomic mass is 16.6. The van der Waals surface area contributed by atoms with Crippen LogP contribution in [0.15, 0.2) is 24.3 Å². The van der Waals surface area contributed by atoms with Crippen molar-refractivity contribution >= 4 is 11.4 Å². The molecule has 0 aliphatic carbocycles. The average molecular weight is 263 g/mol. The van der Waals surface area contributed by atoms with Crippen molar-refractivity contribution < 1.29 is 4.92 Å². The third-order valence-corrected chi connectivity index (χ3v) is 3.82. The first kappa shape index (κ1) is 13.8.